The molecule has 1 aromatic carbocycles. The van der Waals surface area contributed by atoms with Crippen molar-refractivity contribution in [3.05, 3.63) is 29.3 Å². The van der Waals surface area contributed by atoms with Gasteiger partial charge in [0.15, 0.2) is 0 Å². The van der Waals surface area contributed by atoms with Gasteiger partial charge in [0.2, 0.25) is 0 Å². The number of ether oxygens (including phenoxy) is 1. The number of carbonyl (C=O) groups excluding carboxylic acids is 1. The fraction of sp³-hybridized carbons (Fsp3) is 0.167. The van der Waals surface area contributed by atoms with Gasteiger partial charge in [0.25, 0.3) is 0 Å². The third-order valence-corrected chi connectivity index (χ3v) is 1.77. The standard InChI is InChI=1S/C12H9NO2/c1-15-12-7-4-6-10(11(12)9-13)5-2-3-8-14/h4,6-8H,3H2,1H3. The lowest BCUT2D eigenvalue weighted by Crippen LogP contribution is -1.91. The summed E-state index contributed by atoms with van der Waals surface area (Å²) in [6, 6.07) is 7.20. The molecule has 0 aliphatic heterocycles. The summed E-state index contributed by atoms with van der Waals surface area (Å²) in [4.78, 5) is 10.1. The van der Waals surface area contributed by atoms with Gasteiger partial charge in [-0.15, -0.1) is 0 Å². The van der Waals surface area contributed by atoms with Gasteiger partial charge in [0, 0.05) is 5.56 Å². The van der Waals surface area contributed by atoms with E-state index < -0.39 is 0 Å². The molecule has 0 fully saturated rings. The van der Waals surface area contributed by atoms with Crippen LogP contribution in [-0.2, 0) is 4.79 Å². The summed E-state index contributed by atoms with van der Waals surface area (Å²) >= 11 is 0. The largest absolute Gasteiger partial charge is 0.495 e. The van der Waals surface area contributed by atoms with Gasteiger partial charge in [-0.3, -0.25) is 0 Å². The van der Waals surface area contributed by atoms with Gasteiger partial charge in [-0.2, -0.15) is 5.26 Å². The Kier molecular flexibility index (Phi) is 3.94. The molecule has 0 bridgehead atoms. The van der Waals surface area contributed by atoms with Gasteiger partial charge in [0.05, 0.1) is 13.5 Å². The van der Waals surface area contributed by atoms with Crippen molar-refractivity contribution in [2.75, 3.05) is 7.11 Å². The average Bonchev–Trinajstić information content (AvgIpc) is 2.29. The van der Waals surface area contributed by atoms with Crippen LogP contribution >= 0.6 is 0 Å². The molecule has 0 saturated carbocycles. The highest BCUT2D eigenvalue weighted by molar-refractivity contribution is 5.58. The van der Waals surface area contributed by atoms with Crippen molar-refractivity contribution < 1.29 is 9.53 Å². The molecule has 0 amide bonds. The first-order valence-corrected chi connectivity index (χ1v) is 4.33. The van der Waals surface area contributed by atoms with Crippen molar-refractivity contribution in [3.63, 3.8) is 0 Å². The average molecular weight is 199 g/mol. The molecule has 0 N–H and O–H groups in total. The van der Waals surface area contributed by atoms with Crippen LogP contribution in [0.4, 0.5) is 0 Å². The van der Waals surface area contributed by atoms with E-state index >= 15 is 0 Å². The molecule has 74 valence electrons. The Labute approximate surface area is 88.3 Å². The van der Waals surface area contributed by atoms with Crippen LogP contribution in [0, 0.1) is 23.2 Å². The topological polar surface area (TPSA) is 50.1 Å². The van der Waals surface area contributed by atoms with E-state index in [9.17, 15) is 4.79 Å². The summed E-state index contributed by atoms with van der Waals surface area (Å²) in [5.41, 5.74) is 0.983. The summed E-state index contributed by atoms with van der Waals surface area (Å²) < 4.78 is 5.02. The summed E-state index contributed by atoms with van der Waals surface area (Å²) in [6.07, 6.45) is 0.890. The summed E-state index contributed by atoms with van der Waals surface area (Å²) in [7, 11) is 1.50. The lowest BCUT2D eigenvalue weighted by Gasteiger charge is -2.02. The molecule has 0 atom stereocenters. The van der Waals surface area contributed by atoms with E-state index in [1.165, 1.54) is 7.11 Å². The lowest BCUT2D eigenvalue weighted by molar-refractivity contribution is -0.107. The predicted octanol–water partition coefficient (Wildman–Crippen LogP) is 1.51. The highest BCUT2D eigenvalue weighted by atomic mass is 16.5. The molecule has 0 heterocycles. The zero-order valence-electron chi connectivity index (χ0n) is 8.28. The fourth-order valence-corrected chi connectivity index (χ4v) is 1.11. The number of nitriles is 1. The van der Waals surface area contributed by atoms with Gasteiger partial charge in [0.1, 0.15) is 23.7 Å². The van der Waals surface area contributed by atoms with Gasteiger partial charge >= 0.3 is 0 Å². The Morgan fingerprint density at radius 3 is 2.93 bits per heavy atom. The fourth-order valence-electron chi connectivity index (χ4n) is 1.11. The molecule has 15 heavy (non-hydrogen) atoms. The van der Waals surface area contributed by atoms with Crippen LogP contribution in [0.5, 0.6) is 5.75 Å². The van der Waals surface area contributed by atoms with Crippen molar-refractivity contribution in [2.45, 2.75) is 6.42 Å². The quantitative estimate of drug-likeness (QED) is 0.535. The number of aldehydes is 1. The number of rotatable bonds is 2. The van der Waals surface area contributed by atoms with E-state index in [1.807, 2.05) is 6.07 Å². The first-order chi connectivity index (χ1) is 7.33. The Morgan fingerprint density at radius 1 is 1.53 bits per heavy atom. The Balaban J connectivity index is 3.15. The zero-order valence-corrected chi connectivity index (χ0v) is 8.28. The SMILES string of the molecule is COc1cccc(C#CCC=O)c1C#N. The molecule has 0 radical (unpaired) electrons. The molecule has 0 aromatic heterocycles. The minimum absolute atomic E-state index is 0.169. The molecule has 0 unspecified atom stereocenters. The third-order valence-electron chi connectivity index (χ3n) is 1.77. The van der Waals surface area contributed by atoms with Crippen molar-refractivity contribution in [2.24, 2.45) is 0 Å². The normalized spacial score (nSPS) is 8.27. The molecule has 0 saturated heterocycles. The highest BCUT2D eigenvalue weighted by Crippen LogP contribution is 2.20. The third kappa shape index (κ3) is 2.59. The number of methoxy groups -OCH3 is 1. The first-order valence-electron chi connectivity index (χ1n) is 4.33. The van der Waals surface area contributed by atoms with Crippen LogP contribution in [-0.4, -0.2) is 13.4 Å². The van der Waals surface area contributed by atoms with E-state index in [-0.39, 0.29) is 6.42 Å². The molecule has 0 spiro atoms. The molecule has 3 heteroatoms. The van der Waals surface area contributed by atoms with Crippen molar-refractivity contribution in [1.29, 1.82) is 5.26 Å². The lowest BCUT2D eigenvalue weighted by atomic mass is 10.1. The van der Waals surface area contributed by atoms with E-state index in [0.29, 0.717) is 16.9 Å². The molecule has 0 aliphatic rings. The van der Waals surface area contributed by atoms with E-state index in [4.69, 9.17) is 10.00 Å². The monoisotopic (exact) mass is 199 g/mol. The molecule has 1 aromatic rings. The van der Waals surface area contributed by atoms with Crippen LogP contribution in [0.3, 0.4) is 0 Å². The summed E-state index contributed by atoms with van der Waals surface area (Å²) in [5, 5.41) is 8.92. The van der Waals surface area contributed by atoms with Gasteiger partial charge < -0.3 is 9.53 Å². The van der Waals surface area contributed by atoms with E-state index in [0.717, 1.165) is 6.29 Å². The minimum Gasteiger partial charge on any atom is -0.495 e. The summed E-state index contributed by atoms with van der Waals surface area (Å²) in [6.45, 7) is 0. The maximum Gasteiger partial charge on any atom is 0.137 e. The molecule has 1 rings (SSSR count). The molecular formula is C12H9NO2. The number of hydrogen-bond donors (Lipinski definition) is 0. The number of benzene rings is 1. The second-order valence-corrected chi connectivity index (χ2v) is 2.67. The molecule has 3 nitrogen and oxygen atoms in total. The van der Waals surface area contributed by atoms with Gasteiger partial charge in [-0.05, 0) is 12.1 Å². The minimum atomic E-state index is 0.169. The van der Waals surface area contributed by atoms with Crippen LogP contribution in [0.25, 0.3) is 0 Å². The summed E-state index contributed by atoms with van der Waals surface area (Å²) in [5.74, 6) is 5.90. The molecule has 0 aliphatic carbocycles. The number of nitrogens with zero attached hydrogens (tertiary/aromatic N) is 1. The second-order valence-electron chi connectivity index (χ2n) is 2.67. The Hall–Kier alpha value is -2.26. The number of carbonyl (C=O) groups is 1. The smallest absolute Gasteiger partial charge is 0.137 e. The first kappa shape index (κ1) is 10.8. The van der Waals surface area contributed by atoms with Crippen molar-refractivity contribution in [1.82, 2.24) is 0 Å². The van der Waals surface area contributed by atoms with Crippen LogP contribution < -0.4 is 4.74 Å². The van der Waals surface area contributed by atoms with Crippen molar-refractivity contribution >= 4 is 6.29 Å². The maximum atomic E-state index is 10.1. The van der Waals surface area contributed by atoms with Crippen LogP contribution in [0.2, 0.25) is 0 Å². The van der Waals surface area contributed by atoms with E-state index in [1.54, 1.807) is 18.2 Å². The van der Waals surface area contributed by atoms with Crippen LogP contribution in [0.15, 0.2) is 18.2 Å². The Morgan fingerprint density at radius 2 is 2.33 bits per heavy atom. The predicted molar refractivity (Wildman–Crippen MR) is 55.3 cm³/mol. The second kappa shape index (κ2) is 5.47. The van der Waals surface area contributed by atoms with Crippen molar-refractivity contribution in [3.8, 4) is 23.7 Å². The van der Waals surface area contributed by atoms with Gasteiger partial charge in [-0.25, -0.2) is 0 Å². The zero-order chi connectivity index (χ0) is 11.1. The maximum absolute atomic E-state index is 10.1. The van der Waals surface area contributed by atoms with Crippen LogP contribution in [0.1, 0.15) is 17.5 Å². The van der Waals surface area contributed by atoms with Gasteiger partial charge in [-0.1, -0.05) is 17.9 Å². The van der Waals surface area contributed by atoms with E-state index in [2.05, 4.69) is 11.8 Å². The highest BCUT2D eigenvalue weighted by Gasteiger charge is 2.05. The molecular weight excluding hydrogens is 190 g/mol. The number of hydrogen-bond acceptors (Lipinski definition) is 3. The Bertz CT molecular complexity index is 461.